The van der Waals surface area contributed by atoms with Crippen molar-refractivity contribution in [2.24, 2.45) is 7.05 Å². The third-order valence-corrected chi connectivity index (χ3v) is 4.29. The van der Waals surface area contributed by atoms with E-state index >= 15 is 0 Å². The first-order valence-electron chi connectivity index (χ1n) is 6.94. The van der Waals surface area contributed by atoms with E-state index in [4.69, 9.17) is 0 Å². The van der Waals surface area contributed by atoms with Gasteiger partial charge in [-0.05, 0) is 12.1 Å². The Bertz CT molecular complexity index is 870. The zero-order valence-electron chi connectivity index (χ0n) is 12.4. The molecule has 0 aliphatic carbocycles. The zero-order valence-corrected chi connectivity index (χ0v) is 13.2. The molecular formula is C16H14N4O2S. The van der Waals surface area contributed by atoms with Crippen molar-refractivity contribution < 1.29 is 9.59 Å². The summed E-state index contributed by atoms with van der Waals surface area (Å²) in [6.07, 6.45) is 3.43. The molecule has 1 N–H and O–H groups in total. The fraction of sp³-hybridized carbons (Fsp3) is 0.125. The summed E-state index contributed by atoms with van der Waals surface area (Å²) in [7, 11) is 1.75. The van der Waals surface area contributed by atoms with Crippen molar-refractivity contribution in [1.29, 1.82) is 0 Å². The maximum Gasteiger partial charge on any atom is 0.274 e. The van der Waals surface area contributed by atoms with Crippen LogP contribution in [-0.2, 0) is 11.8 Å². The fourth-order valence-corrected chi connectivity index (χ4v) is 2.95. The second-order valence-corrected chi connectivity index (χ2v) is 5.87. The maximum absolute atomic E-state index is 12.0. The van der Waals surface area contributed by atoms with Gasteiger partial charge in [0.2, 0.25) is 5.91 Å². The van der Waals surface area contributed by atoms with Crippen LogP contribution in [-0.4, -0.2) is 32.3 Å². The standard InChI is InChI=1S/C16H14N4O2S/c1-20-8-4-7-13(20)15(22)18-14(21)10-23-16-12-6-3-2-5-11(12)9-17-19-16/h2-9H,10H2,1H3,(H,18,21,22). The van der Waals surface area contributed by atoms with Gasteiger partial charge in [0.25, 0.3) is 5.91 Å². The van der Waals surface area contributed by atoms with E-state index in [0.717, 1.165) is 10.8 Å². The number of carbonyl (C=O) groups is 2. The normalized spacial score (nSPS) is 10.7. The Balaban J connectivity index is 1.65. The molecule has 2 aromatic heterocycles. The van der Waals surface area contributed by atoms with Crippen LogP contribution in [0.2, 0.25) is 0 Å². The van der Waals surface area contributed by atoms with E-state index in [1.165, 1.54) is 11.8 Å². The smallest absolute Gasteiger partial charge is 0.274 e. The van der Waals surface area contributed by atoms with Crippen molar-refractivity contribution in [3.8, 4) is 0 Å². The van der Waals surface area contributed by atoms with E-state index in [1.54, 1.807) is 36.1 Å². The third kappa shape index (κ3) is 3.40. The largest absolute Gasteiger partial charge is 0.347 e. The molecule has 0 atom stereocenters. The molecule has 1 aromatic carbocycles. The second kappa shape index (κ2) is 6.62. The minimum Gasteiger partial charge on any atom is -0.347 e. The molecule has 0 saturated carbocycles. The van der Waals surface area contributed by atoms with E-state index in [-0.39, 0.29) is 11.7 Å². The van der Waals surface area contributed by atoms with Gasteiger partial charge in [-0.1, -0.05) is 36.0 Å². The van der Waals surface area contributed by atoms with Crippen LogP contribution >= 0.6 is 11.8 Å². The number of benzene rings is 1. The molecule has 7 heteroatoms. The molecular weight excluding hydrogens is 312 g/mol. The average Bonchev–Trinajstić information content (AvgIpc) is 2.99. The van der Waals surface area contributed by atoms with E-state index in [1.807, 2.05) is 24.3 Å². The maximum atomic E-state index is 12.0. The summed E-state index contributed by atoms with van der Waals surface area (Å²) in [5.41, 5.74) is 0.438. The number of carbonyl (C=O) groups excluding carboxylic acids is 2. The van der Waals surface area contributed by atoms with Crippen molar-refractivity contribution >= 4 is 34.3 Å². The molecule has 3 rings (SSSR count). The number of fused-ring (bicyclic) bond motifs is 1. The number of nitrogens with zero attached hydrogens (tertiary/aromatic N) is 3. The lowest BCUT2D eigenvalue weighted by molar-refractivity contribution is -0.117. The van der Waals surface area contributed by atoms with E-state index in [9.17, 15) is 9.59 Å². The van der Waals surface area contributed by atoms with Gasteiger partial charge in [0.15, 0.2) is 0 Å². The Morgan fingerprint density at radius 3 is 2.83 bits per heavy atom. The van der Waals surface area contributed by atoms with Gasteiger partial charge >= 0.3 is 0 Å². The molecule has 0 unspecified atom stereocenters. The number of amides is 2. The lowest BCUT2D eigenvalue weighted by Crippen LogP contribution is -2.33. The van der Waals surface area contributed by atoms with Crippen molar-refractivity contribution in [1.82, 2.24) is 20.1 Å². The van der Waals surface area contributed by atoms with Crippen LogP contribution in [0.5, 0.6) is 0 Å². The van der Waals surface area contributed by atoms with Crippen LogP contribution in [0.1, 0.15) is 10.5 Å². The van der Waals surface area contributed by atoms with Crippen LogP contribution in [0.3, 0.4) is 0 Å². The molecule has 116 valence electrons. The summed E-state index contributed by atoms with van der Waals surface area (Å²) in [5.74, 6) is -0.679. The summed E-state index contributed by atoms with van der Waals surface area (Å²) in [6, 6.07) is 11.1. The van der Waals surface area contributed by atoms with E-state index < -0.39 is 5.91 Å². The number of hydrogen-bond donors (Lipinski definition) is 1. The number of hydrogen-bond acceptors (Lipinski definition) is 5. The molecule has 0 spiro atoms. The SMILES string of the molecule is Cn1cccc1C(=O)NC(=O)CSc1nncc2ccccc12. The van der Waals surface area contributed by atoms with Crippen LogP contribution in [0.25, 0.3) is 10.8 Å². The van der Waals surface area contributed by atoms with Crippen LogP contribution < -0.4 is 5.32 Å². The van der Waals surface area contributed by atoms with Gasteiger partial charge in [-0.2, -0.15) is 5.10 Å². The Kier molecular flexibility index (Phi) is 4.38. The lowest BCUT2D eigenvalue weighted by Gasteiger charge is -2.06. The Hall–Kier alpha value is -2.67. The van der Waals surface area contributed by atoms with Crippen LogP contribution in [0.15, 0.2) is 53.8 Å². The van der Waals surface area contributed by atoms with E-state index in [0.29, 0.717) is 10.7 Å². The molecule has 0 aliphatic rings. The van der Waals surface area contributed by atoms with E-state index in [2.05, 4.69) is 15.5 Å². The molecule has 6 nitrogen and oxygen atoms in total. The van der Waals surface area contributed by atoms with Gasteiger partial charge in [0, 0.05) is 24.0 Å². The van der Waals surface area contributed by atoms with Crippen LogP contribution in [0, 0.1) is 0 Å². The van der Waals surface area contributed by atoms with Crippen molar-refractivity contribution in [3.05, 3.63) is 54.5 Å². The minimum absolute atomic E-state index is 0.0961. The van der Waals surface area contributed by atoms with Crippen LogP contribution in [0.4, 0.5) is 0 Å². The highest BCUT2D eigenvalue weighted by Crippen LogP contribution is 2.24. The zero-order chi connectivity index (χ0) is 16.2. The predicted molar refractivity (Wildman–Crippen MR) is 88.1 cm³/mol. The summed E-state index contributed by atoms with van der Waals surface area (Å²) < 4.78 is 1.66. The van der Waals surface area contributed by atoms with Gasteiger partial charge in [0.05, 0.1) is 11.9 Å². The first-order valence-corrected chi connectivity index (χ1v) is 7.92. The third-order valence-electron chi connectivity index (χ3n) is 3.31. The highest BCUT2D eigenvalue weighted by Gasteiger charge is 2.14. The highest BCUT2D eigenvalue weighted by molar-refractivity contribution is 8.00. The molecule has 3 aromatic rings. The molecule has 0 radical (unpaired) electrons. The fourth-order valence-electron chi connectivity index (χ4n) is 2.17. The molecule has 23 heavy (non-hydrogen) atoms. The Morgan fingerprint density at radius 1 is 1.22 bits per heavy atom. The number of imide groups is 1. The number of rotatable bonds is 4. The first kappa shape index (κ1) is 15.2. The summed E-state index contributed by atoms with van der Waals surface area (Å²) in [4.78, 5) is 23.9. The monoisotopic (exact) mass is 326 g/mol. The minimum atomic E-state index is -0.410. The molecule has 2 heterocycles. The highest BCUT2D eigenvalue weighted by atomic mass is 32.2. The topological polar surface area (TPSA) is 76.9 Å². The van der Waals surface area contributed by atoms with Crippen molar-refractivity contribution in [3.63, 3.8) is 0 Å². The van der Waals surface area contributed by atoms with Crippen molar-refractivity contribution in [2.75, 3.05) is 5.75 Å². The quantitative estimate of drug-likeness (QED) is 0.742. The summed E-state index contributed by atoms with van der Waals surface area (Å²) in [6.45, 7) is 0. The average molecular weight is 326 g/mol. The molecule has 0 aliphatic heterocycles. The molecule has 0 bridgehead atoms. The summed E-state index contributed by atoms with van der Waals surface area (Å²) >= 11 is 1.26. The molecule has 0 fully saturated rings. The first-order chi connectivity index (χ1) is 11.1. The predicted octanol–water partition coefficient (Wildman–Crippen LogP) is 2.02. The van der Waals surface area contributed by atoms with Crippen molar-refractivity contribution in [2.45, 2.75) is 5.03 Å². The Labute approximate surface area is 136 Å². The molecule has 0 saturated heterocycles. The number of aromatic nitrogens is 3. The number of thioether (sulfide) groups is 1. The Morgan fingerprint density at radius 2 is 2.04 bits per heavy atom. The van der Waals surface area contributed by atoms with Gasteiger partial charge in [-0.3, -0.25) is 14.9 Å². The number of aryl methyl sites for hydroxylation is 1. The van der Waals surface area contributed by atoms with Gasteiger partial charge in [-0.25, -0.2) is 0 Å². The van der Waals surface area contributed by atoms with Gasteiger partial charge in [0.1, 0.15) is 10.7 Å². The lowest BCUT2D eigenvalue weighted by atomic mass is 10.2. The molecule has 2 amide bonds. The van der Waals surface area contributed by atoms with Gasteiger partial charge < -0.3 is 4.57 Å². The number of nitrogens with one attached hydrogen (secondary N) is 1. The van der Waals surface area contributed by atoms with Gasteiger partial charge in [-0.15, -0.1) is 5.10 Å². The summed E-state index contributed by atoms with van der Waals surface area (Å²) in [5, 5.41) is 12.9. The second-order valence-electron chi connectivity index (χ2n) is 4.91.